The molecule has 36 heavy (non-hydrogen) atoms. The summed E-state index contributed by atoms with van der Waals surface area (Å²) >= 11 is 0. The van der Waals surface area contributed by atoms with Crippen molar-refractivity contribution in [3.8, 4) is 5.75 Å². The van der Waals surface area contributed by atoms with Crippen LogP contribution in [0.4, 0.5) is 5.69 Å². The molecule has 0 saturated heterocycles. The molecule has 9 heteroatoms. The van der Waals surface area contributed by atoms with Gasteiger partial charge in [-0.3, -0.25) is 9.10 Å². The SMILES string of the molecule is CN(c1ccc(OC(=O)Cn2ncc3ccccc3c2=O)cc1)S(=O)(=O)c1ccc2ccccc2c1. The van der Waals surface area contributed by atoms with Crippen LogP contribution in [0.2, 0.25) is 0 Å². The summed E-state index contributed by atoms with van der Waals surface area (Å²) in [7, 11) is -2.34. The van der Waals surface area contributed by atoms with Gasteiger partial charge in [0.15, 0.2) is 0 Å². The molecule has 0 radical (unpaired) electrons. The fourth-order valence-electron chi connectivity index (χ4n) is 3.88. The number of carbonyl (C=O) groups excluding carboxylic acids is 1. The minimum absolute atomic E-state index is 0.174. The number of ether oxygens (including phenoxy) is 1. The van der Waals surface area contributed by atoms with Crippen molar-refractivity contribution >= 4 is 43.2 Å². The third kappa shape index (κ3) is 4.44. The maximum Gasteiger partial charge on any atom is 0.333 e. The van der Waals surface area contributed by atoms with Crippen LogP contribution in [0.5, 0.6) is 5.75 Å². The first-order chi connectivity index (χ1) is 17.3. The Morgan fingerprint density at radius 3 is 2.31 bits per heavy atom. The van der Waals surface area contributed by atoms with Crippen molar-refractivity contribution in [2.24, 2.45) is 0 Å². The Morgan fingerprint density at radius 2 is 1.56 bits per heavy atom. The van der Waals surface area contributed by atoms with E-state index in [4.69, 9.17) is 4.74 Å². The van der Waals surface area contributed by atoms with Crippen molar-refractivity contribution in [3.63, 3.8) is 0 Å². The summed E-state index contributed by atoms with van der Waals surface area (Å²) in [6.45, 7) is -0.359. The molecule has 0 fully saturated rings. The van der Waals surface area contributed by atoms with Gasteiger partial charge in [0.25, 0.3) is 15.6 Å². The van der Waals surface area contributed by atoms with Gasteiger partial charge in [-0.15, -0.1) is 0 Å². The van der Waals surface area contributed by atoms with Gasteiger partial charge in [-0.2, -0.15) is 5.10 Å². The molecule has 0 N–H and O–H groups in total. The van der Waals surface area contributed by atoms with Crippen molar-refractivity contribution in [1.82, 2.24) is 9.78 Å². The van der Waals surface area contributed by atoms with Gasteiger partial charge in [0.2, 0.25) is 0 Å². The maximum absolute atomic E-state index is 13.2. The van der Waals surface area contributed by atoms with Crippen LogP contribution >= 0.6 is 0 Å². The van der Waals surface area contributed by atoms with Crippen molar-refractivity contribution in [1.29, 1.82) is 0 Å². The topological polar surface area (TPSA) is 98.6 Å². The molecular formula is C27H21N3O5S. The second kappa shape index (κ2) is 9.27. The van der Waals surface area contributed by atoms with Crippen LogP contribution in [0.1, 0.15) is 0 Å². The maximum atomic E-state index is 13.2. The molecule has 8 nitrogen and oxygen atoms in total. The van der Waals surface area contributed by atoms with E-state index < -0.39 is 16.0 Å². The second-order valence-electron chi connectivity index (χ2n) is 8.14. The van der Waals surface area contributed by atoms with Crippen LogP contribution in [0.15, 0.2) is 107 Å². The van der Waals surface area contributed by atoms with Gasteiger partial charge in [-0.25, -0.2) is 17.9 Å². The predicted octanol–water partition coefficient (Wildman–Crippen LogP) is 3.98. The zero-order valence-electron chi connectivity index (χ0n) is 19.2. The van der Waals surface area contributed by atoms with E-state index in [-0.39, 0.29) is 22.7 Å². The molecule has 4 aromatic carbocycles. The van der Waals surface area contributed by atoms with Gasteiger partial charge in [0.05, 0.1) is 22.2 Å². The Balaban J connectivity index is 1.30. The van der Waals surface area contributed by atoms with E-state index in [2.05, 4.69) is 5.10 Å². The fraction of sp³-hybridized carbons (Fsp3) is 0.0741. The van der Waals surface area contributed by atoms with E-state index in [9.17, 15) is 18.0 Å². The average Bonchev–Trinajstić information content (AvgIpc) is 2.90. The number of hydrogen-bond acceptors (Lipinski definition) is 6. The molecule has 0 aliphatic carbocycles. The lowest BCUT2D eigenvalue weighted by Crippen LogP contribution is -2.28. The minimum Gasteiger partial charge on any atom is -0.425 e. The zero-order valence-corrected chi connectivity index (χ0v) is 20.1. The third-order valence-electron chi connectivity index (χ3n) is 5.85. The van der Waals surface area contributed by atoms with Gasteiger partial charge in [0.1, 0.15) is 12.3 Å². The third-order valence-corrected chi connectivity index (χ3v) is 7.63. The van der Waals surface area contributed by atoms with E-state index >= 15 is 0 Å². The van der Waals surface area contributed by atoms with E-state index in [1.54, 1.807) is 54.6 Å². The molecule has 5 aromatic rings. The van der Waals surface area contributed by atoms with Crippen molar-refractivity contribution in [2.45, 2.75) is 11.4 Å². The molecule has 0 aliphatic rings. The van der Waals surface area contributed by atoms with E-state index in [1.165, 1.54) is 29.7 Å². The molecular weight excluding hydrogens is 478 g/mol. The summed E-state index contributed by atoms with van der Waals surface area (Å²) in [5.74, 6) is -0.459. The van der Waals surface area contributed by atoms with Gasteiger partial charge < -0.3 is 4.74 Å². The summed E-state index contributed by atoms with van der Waals surface area (Å²) in [4.78, 5) is 25.1. The Kier molecular flexibility index (Phi) is 5.99. The summed E-state index contributed by atoms with van der Waals surface area (Å²) in [5, 5.41) is 6.95. The number of carbonyl (C=O) groups is 1. The van der Waals surface area contributed by atoms with Crippen LogP contribution in [-0.2, 0) is 21.4 Å². The highest BCUT2D eigenvalue weighted by Gasteiger charge is 2.22. The number of nitrogens with zero attached hydrogens (tertiary/aromatic N) is 3. The summed E-state index contributed by atoms with van der Waals surface area (Å²) in [6, 6.07) is 25.6. The van der Waals surface area contributed by atoms with Gasteiger partial charge in [-0.05, 0) is 53.2 Å². The molecule has 1 aromatic heterocycles. The molecule has 0 unspecified atom stereocenters. The van der Waals surface area contributed by atoms with Crippen molar-refractivity contribution in [3.05, 3.63) is 108 Å². The number of aromatic nitrogens is 2. The second-order valence-corrected chi connectivity index (χ2v) is 10.1. The van der Waals surface area contributed by atoms with Gasteiger partial charge >= 0.3 is 5.97 Å². The Hall–Kier alpha value is -4.50. The highest BCUT2D eigenvalue weighted by atomic mass is 32.2. The summed E-state index contributed by atoms with van der Waals surface area (Å²) in [5.41, 5.74) is 0.0105. The Labute approximate surface area is 207 Å². The smallest absolute Gasteiger partial charge is 0.333 e. The van der Waals surface area contributed by atoms with Crippen LogP contribution in [0, 0.1) is 0 Å². The van der Waals surface area contributed by atoms with E-state index in [0.29, 0.717) is 16.5 Å². The number of benzene rings is 4. The van der Waals surface area contributed by atoms with Crippen LogP contribution in [0.3, 0.4) is 0 Å². The predicted molar refractivity (Wildman–Crippen MR) is 138 cm³/mol. The molecule has 1 heterocycles. The lowest BCUT2D eigenvalue weighted by atomic mass is 10.1. The molecule has 0 aliphatic heterocycles. The molecule has 0 bridgehead atoms. The minimum atomic E-state index is -3.80. The number of sulfonamides is 1. The van der Waals surface area contributed by atoms with Crippen molar-refractivity contribution < 1.29 is 17.9 Å². The first-order valence-electron chi connectivity index (χ1n) is 11.1. The molecule has 0 atom stereocenters. The number of hydrogen-bond donors (Lipinski definition) is 0. The van der Waals surface area contributed by atoms with Crippen LogP contribution in [0.25, 0.3) is 21.5 Å². The average molecular weight is 500 g/mol. The molecule has 0 saturated carbocycles. The van der Waals surface area contributed by atoms with Gasteiger partial charge in [0, 0.05) is 12.4 Å². The van der Waals surface area contributed by atoms with Gasteiger partial charge in [-0.1, -0.05) is 48.5 Å². The lowest BCUT2D eigenvalue weighted by Gasteiger charge is -2.20. The standard InChI is InChI=1S/C27H21N3O5S/c1-29(36(33,34)24-15-10-19-6-2-3-7-20(19)16-24)22-11-13-23(14-12-22)35-26(31)18-30-27(32)25-9-5-4-8-21(25)17-28-30/h2-17H,18H2,1H3. The normalized spacial score (nSPS) is 11.5. The molecule has 0 amide bonds. The monoisotopic (exact) mass is 499 g/mol. The number of rotatable bonds is 6. The van der Waals surface area contributed by atoms with Crippen LogP contribution in [-0.4, -0.2) is 31.2 Å². The largest absolute Gasteiger partial charge is 0.425 e. The molecule has 180 valence electrons. The molecule has 0 spiro atoms. The quantitative estimate of drug-likeness (QED) is 0.259. The number of anilines is 1. The van der Waals surface area contributed by atoms with Crippen LogP contribution < -0.4 is 14.6 Å². The Bertz CT molecular complexity index is 1760. The fourth-order valence-corrected chi connectivity index (χ4v) is 5.11. The summed E-state index contributed by atoms with van der Waals surface area (Å²) < 4.78 is 33.9. The van der Waals surface area contributed by atoms with E-state index in [1.807, 2.05) is 24.3 Å². The first-order valence-corrected chi connectivity index (χ1v) is 12.5. The molecule has 5 rings (SSSR count). The number of fused-ring (bicyclic) bond motifs is 2. The summed E-state index contributed by atoms with van der Waals surface area (Å²) in [6.07, 6.45) is 1.52. The number of esters is 1. The zero-order chi connectivity index (χ0) is 25.3. The first kappa shape index (κ1) is 23.3. The van der Waals surface area contributed by atoms with Crippen molar-refractivity contribution in [2.75, 3.05) is 11.4 Å². The highest BCUT2D eigenvalue weighted by molar-refractivity contribution is 7.92. The Morgan fingerprint density at radius 1 is 0.889 bits per heavy atom. The highest BCUT2D eigenvalue weighted by Crippen LogP contribution is 2.26. The van der Waals surface area contributed by atoms with E-state index in [0.717, 1.165) is 15.5 Å². The lowest BCUT2D eigenvalue weighted by molar-refractivity contribution is -0.135.